The molecule has 1 heterocycles. The number of hydrogen-bond acceptors (Lipinski definition) is 1. The van der Waals surface area contributed by atoms with Crippen LogP contribution in [0, 0.1) is 24.0 Å². The van der Waals surface area contributed by atoms with Gasteiger partial charge in [-0.05, 0) is 43.4 Å². The number of halogens is 2. The van der Waals surface area contributed by atoms with E-state index in [2.05, 4.69) is 13.8 Å². The van der Waals surface area contributed by atoms with Gasteiger partial charge >= 0.3 is 0 Å². The van der Waals surface area contributed by atoms with Crippen molar-refractivity contribution in [3.05, 3.63) is 52.9 Å². The molecule has 2 aromatic rings. The van der Waals surface area contributed by atoms with Crippen molar-refractivity contribution in [1.29, 1.82) is 0 Å². The lowest BCUT2D eigenvalue weighted by atomic mass is 9.75. The summed E-state index contributed by atoms with van der Waals surface area (Å²) in [5.41, 5.74) is 2.65. The van der Waals surface area contributed by atoms with E-state index in [1.165, 1.54) is 6.07 Å². The fourth-order valence-electron chi connectivity index (χ4n) is 3.34. The van der Waals surface area contributed by atoms with Gasteiger partial charge in [0.1, 0.15) is 0 Å². The molecule has 0 saturated heterocycles. The van der Waals surface area contributed by atoms with Gasteiger partial charge in [0.05, 0.1) is 11.8 Å². The highest BCUT2D eigenvalue weighted by Crippen LogP contribution is 2.43. The molecule has 4 heteroatoms. The lowest BCUT2D eigenvalue weighted by Crippen LogP contribution is -2.26. The largest absolute Gasteiger partial charge is 0.388 e. The third-order valence-electron chi connectivity index (χ3n) is 4.24. The van der Waals surface area contributed by atoms with Crippen LogP contribution in [0.1, 0.15) is 43.3 Å². The molecule has 1 N–H and O–H groups in total. The van der Waals surface area contributed by atoms with Crippen molar-refractivity contribution >= 4 is 0 Å². The number of hydrogen-bond donors (Lipinski definition) is 1. The maximum absolute atomic E-state index is 14.1. The minimum Gasteiger partial charge on any atom is -0.388 e. The van der Waals surface area contributed by atoms with Gasteiger partial charge in [-0.1, -0.05) is 19.9 Å². The maximum atomic E-state index is 14.1. The van der Waals surface area contributed by atoms with Gasteiger partial charge in [0.15, 0.2) is 11.6 Å². The van der Waals surface area contributed by atoms with Crippen molar-refractivity contribution in [3.63, 3.8) is 0 Å². The lowest BCUT2D eigenvalue weighted by Gasteiger charge is -2.34. The molecule has 0 aliphatic heterocycles. The summed E-state index contributed by atoms with van der Waals surface area (Å²) >= 11 is 0. The van der Waals surface area contributed by atoms with Crippen molar-refractivity contribution in [1.82, 2.24) is 4.57 Å². The Labute approximate surface area is 123 Å². The third-order valence-corrected chi connectivity index (χ3v) is 4.24. The van der Waals surface area contributed by atoms with Crippen LogP contribution in [0.3, 0.4) is 0 Å². The Morgan fingerprint density at radius 3 is 2.71 bits per heavy atom. The summed E-state index contributed by atoms with van der Waals surface area (Å²) in [5.74, 6) is -1.71. The van der Waals surface area contributed by atoms with Crippen LogP contribution < -0.4 is 0 Å². The van der Waals surface area contributed by atoms with E-state index in [-0.39, 0.29) is 11.1 Å². The number of aromatic nitrogens is 1. The average molecular weight is 291 g/mol. The maximum Gasteiger partial charge on any atom is 0.182 e. The molecule has 112 valence electrons. The second-order valence-corrected chi connectivity index (χ2v) is 6.66. The van der Waals surface area contributed by atoms with E-state index in [0.717, 1.165) is 29.4 Å². The minimum absolute atomic E-state index is 0.0707. The fourth-order valence-corrected chi connectivity index (χ4v) is 3.34. The zero-order valence-electron chi connectivity index (χ0n) is 12.5. The molecule has 0 bridgehead atoms. The normalized spacial score (nSPS) is 20.4. The summed E-state index contributed by atoms with van der Waals surface area (Å²) < 4.78 is 29.4. The van der Waals surface area contributed by atoms with Crippen LogP contribution in [-0.4, -0.2) is 9.67 Å². The topological polar surface area (TPSA) is 25.2 Å². The van der Waals surface area contributed by atoms with E-state index in [1.54, 1.807) is 10.6 Å². The smallest absolute Gasteiger partial charge is 0.182 e. The van der Waals surface area contributed by atoms with Crippen LogP contribution in [-0.2, 0) is 6.42 Å². The highest BCUT2D eigenvalue weighted by Gasteiger charge is 2.34. The number of aliphatic hydroxyl groups is 1. The first-order valence-corrected chi connectivity index (χ1v) is 7.14. The fraction of sp³-hybridized carbons (Fsp3) is 0.412. The molecule has 1 aliphatic rings. The Morgan fingerprint density at radius 1 is 1.29 bits per heavy atom. The molecule has 21 heavy (non-hydrogen) atoms. The van der Waals surface area contributed by atoms with E-state index >= 15 is 0 Å². The van der Waals surface area contributed by atoms with E-state index < -0.39 is 17.7 Å². The quantitative estimate of drug-likeness (QED) is 0.842. The van der Waals surface area contributed by atoms with Crippen molar-refractivity contribution in [2.45, 2.75) is 39.7 Å². The zero-order valence-corrected chi connectivity index (χ0v) is 12.5. The van der Waals surface area contributed by atoms with E-state index in [0.29, 0.717) is 6.42 Å². The van der Waals surface area contributed by atoms with Crippen LogP contribution in [0.4, 0.5) is 8.78 Å². The molecule has 1 aromatic carbocycles. The van der Waals surface area contributed by atoms with Crippen molar-refractivity contribution in [2.24, 2.45) is 5.41 Å². The van der Waals surface area contributed by atoms with Gasteiger partial charge in [-0.15, -0.1) is 0 Å². The minimum atomic E-state index is -0.857. The van der Waals surface area contributed by atoms with Crippen LogP contribution in [0.15, 0.2) is 24.3 Å². The molecule has 3 rings (SSSR count). The number of fused-ring (bicyclic) bond motifs is 1. The molecule has 2 nitrogen and oxygen atoms in total. The van der Waals surface area contributed by atoms with E-state index in [1.807, 2.05) is 13.0 Å². The van der Waals surface area contributed by atoms with Crippen LogP contribution in [0.25, 0.3) is 5.69 Å². The molecular formula is C17H19F2NO. The second kappa shape index (κ2) is 4.67. The summed E-state index contributed by atoms with van der Waals surface area (Å²) in [6, 6.07) is 6.06. The highest BCUT2D eigenvalue weighted by atomic mass is 19.2. The Balaban J connectivity index is 2.24. The van der Waals surface area contributed by atoms with Gasteiger partial charge in [0.2, 0.25) is 0 Å². The first kappa shape index (κ1) is 14.3. The molecule has 1 unspecified atom stereocenters. The summed E-state index contributed by atoms with van der Waals surface area (Å²) in [7, 11) is 0. The van der Waals surface area contributed by atoms with Crippen molar-refractivity contribution in [3.8, 4) is 5.69 Å². The molecule has 0 spiro atoms. The second-order valence-electron chi connectivity index (χ2n) is 6.66. The predicted molar refractivity (Wildman–Crippen MR) is 77.5 cm³/mol. The van der Waals surface area contributed by atoms with Crippen molar-refractivity contribution < 1.29 is 13.9 Å². The molecule has 0 fully saturated rings. The summed E-state index contributed by atoms with van der Waals surface area (Å²) in [4.78, 5) is 0. The monoisotopic (exact) mass is 291 g/mol. The zero-order chi connectivity index (χ0) is 15.4. The molecule has 1 aromatic heterocycles. The summed E-state index contributed by atoms with van der Waals surface area (Å²) in [6.45, 7) is 6.00. The summed E-state index contributed by atoms with van der Waals surface area (Å²) in [6.07, 6.45) is 0.846. The number of benzene rings is 1. The van der Waals surface area contributed by atoms with E-state index in [9.17, 15) is 13.9 Å². The number of aliphatic hydroxyl groups excluding tert-OH is 1. The molecule has 1 atom stereocenters. The average Bonchev–Trinajstić information content (AvgIpc) is 2.69. The Bertz CT molecular complexity index is 703. The van der Waals surface area contributed by atoms with Gasteiger partial charge in [-0.25, -0.2) is 8.78 Å². The molecule has 0 saturated carbocycles. The first-order valence-electron chi connectivity index (χ1n) is 7.14. The Morgan fingerprint density at radius 2 is 2.00 bits per heavy atom. The van der Waals surface area contributed by atoms with Crippen LogP contribution in [0.2, 0.25) is 0 Å². The predicted octanol–water partition coefficient (Wildman–Crippen LogP) is 4.07. The van der Waals surface area contributed by atoms with Crippen LogP contribution >= 0.6 is 0 Å². The van der Waals surface area contributed by atoms with Gasteiger partial charge < -0.3 is 9.67 Å². The Hall–Kier alpha value is -1.68. The number of nitrogens with zero attached hydrogens (tertiary/aromatic N) is 1. The van der Waals surface area contributed by atoms with E-state index in [4.69, 9.17) is 0 Å². The number of aryl methyl sites for hydroxylation is 1. The highest BCUT2D eigenvalue weighted by molar-refractivity contribution is 5.44. The molecule has 0 amide bonds. The molecule has 1 aliphatic carbocycles. The van der Waals surface area contributed by atoms with Crippen molar-refractivity contribution in [2.75, 3.05) is 0 Å². The van der Waals surface area contributed by atoms with Gasteiger partial charge in [-0.3, -0.25) is 0 Å². The van der Waals surface area contributed by atoms with Gasteiger partial charge in [0, 0.05) is 17.0 Å². The SMILES string of the molecule is Cc1cc2c(n1-c1cccc(F)c1F)CC(C)(C)CC2O. The standard InChI is InChI=1S/C17H19F2NO/c1-10-7-11-14(8-17(2,3)9-15(11)21)20(10)13-6-4-5-12(18)16(13)19/h4-7,15,21H,8-9H2,1-3H3. The molecule has 0 radical (unpaired) electrons. The van der Waals surface area contributed by atoms with Gasteiger partial charge in [0.25, 0.3) is 0 Å². The lowest BCUT2D eigenvalue weighted by molar-refractivity contribution is 0.0986. The third kappa shape index (κ3) is 2.27. The number of rotatable bonds is 1. The first-order chi connectivity index (χ1) is 9.80. The summed E-state index contributed by atoms with van der Waals surface area (Å²) in [5, 5.41) is 10.3. The molecular weight excluding hydrogens is 272 g/mol. The van der Waals surface area contributed by atoms with Crippen LogP contribution in [0.5, 0.6) is 0 Å². The van der Waals surface area contributed by atoms with Gasteiger partial charge in [-0.2, -0.15) is 0 Å². The Kier molecular flexibility index (Phi) is 3.17.